The molecule has 1 fully saturated rings. The van der Waals surface area contributed by atoms with Crippen LogP contribution in [-0.4, -0.2) is 44.7 Å². The van der Waals surface area contributed by atoms with E-state index in [1.165, 1.54) is 39.9 Å². The minimum atomic E-state index is -0.143. The van der Waals surface area contributed by atoms with Crippen molar-refractivity contribution in [3.8, 4) is 11.5 Å². The van der Waals surface area contributed by atoms with Crippen LogP contribution in [0.25, 0.3) is 17.7 Å². The lowest BCUT2D eigenvalue weighted by Crippen LogP contribution is -2.37. The third-order valence-electron chi connectivity index (χ3n) is 6.99. The van der Waals surface area contributed by atoms with Gasteiger partial charge in [0, 0.05) is 37.0 Å². The molecule has 0 unspecified atom stereocenters. The Morgan fingerprint density at radius 2 is 1.57 bits per heavy atom. The Kier molecular flexibility index (Phi) is 8.57. The number of fused-ring (bicyclic) bond motifs is 2. The van der Waals surface area contributed by atoms with E-state index in [1.54, 1.807) is 32.4 Å². The normalized spacial score (nSPS) is 14.2. The van der Waals surface area contributed by atoms with E-state index in [9.17, 15) is 4.79 Å². The molecule has 2 aliphatic rings. The Morgan fingerprint density at radius 1 is 0.892 bits per heavy atom. The van der Waals surface area contributed by atoms with Gasteiger partial charge in [-0.25, -0.2) is 0 Å². The summed E-state index contributed by atoms with van der Waals surface area (Å²) < 4.78 is 10.7. The Balaban J connectivity index is 0.00000320. The molecule has 0 bridgehead atoms. The SMILES string of the molecule is COc1ccc(C(=O)NCCN2CCCCC2=C2c3ccccc3C=Cc3ccccc32)c(OC)c1.Cl. The van der Waals surface area contributed by atoms with E-state index in [-0.39, 0.29) is 18.3 Å². The zero-order valence-electron chi connectivity index (χ0n) is 21.3. The highest BCUT2D eigenvalue weighted by Crippen LogP contribution is 2.39. The van der Waals surface area contributed by atoms with Crippen LogP contribution in [0.1, 0.15) is 51.9 Å². The summed E-state index contributed by atoms with van der Waals surface area (Å²) in [4.78, 5) is 15.4. The maximum atomic E-state index is 13.0. The number of nitrogens with one attached hydrogen (secondary N) is 1. The van der Waals surface area contributed by atoms with Crippen LogP contribution in [-0.2, 0) is 0 Å². The molecule has 6 heteroatoms. The number of halogens is 1. The summed E-state index contributed by atoms with van der Waals surface area (Å²) in [7, 11) is 3.16. The zero-order valence-corrected chi connectivity index (χ0v) is 22.1. The number of allylic oxidation sites excluding steroid dienone is 1. The lowest BCUT2D eigenvalue weighted by atomic mass is 9.89. The molecule has 37 heavy (non-hydrogen) atoms. The first-order valence-corrected chi connectivity index (χ1v) is 12.5. The van der Waals surface area contributed by atoms with E-state index >= 15 is 0 Å². The minimum Gasteiger partial charge on any atom is -0.497 e. The van der Waals surface area contributed by atoms with Gasteiger partial charge in [0.05, 0.1) is 19.8 Å². The number of piperidine rings is 1. The van der Waals surface area contributed by atoms with E-state index in [0.717, 1.165) is 25.9 Å². The minimum absolute atomic E-state index is 0. The van der Waals surface area contributed by atoms with Crippen LogP contribution >= 0.6 is 12.4 Å². The number of nitrogens with zero attached hydrogens (tertiary/aromatic N) is 1. The molecule has 0 spiro atoms. The van der Waals surface area contributed by atoms with Gasteiger partial charge in [0.15, 0.2) is 0 Å². The molecule has 3 aromatic rings. The summed E-state index contributed by atoms with van der Waals surface area (Å²) >= 11 is 0. The van der Waals surface area contributed by atoms with E-state index in [2.05, 4.69) is 70.9 Å². The van der Waals surface area contributed by atoms with Gasteiger partial charge in [-0.05, 0) is 53.6 Å². The molecule has 0 saturated carbocycles. The number of carbonyl (C=O) groups excluding carboxylic acids is 1. The van der Waals surface area contributed by atoms with E-state index in [1.807, 2.05) is 0 Å². The van der Waals surface area contributed by atoms with Crippen molar-refractivity contribution in [3.05, 3.63) is 100 Å². The van der Waals surface area contributed by atoms with Crippen molar-refractivity contribution < 1.29 is 14.3 Å². The van der Waals surface area contributed by atoms with Crippen LogP contribution in [0.3, 0.4) is 0 Å². The Bertz CT molecular complexity index is 1280. The first-order chi connectivity index (χ1) is 17.7. The van der Waals surface area contributed by atoms with Crippen molar-refractivity contribution in [2.45, 2.75) is 19.3 Å². The van der Waals surface area contributed by atoms with Crippen LogP contribution in [0, 0.1) is 0 Å². The van der Waals surface area contributed by atoms with E-state index < -0.39 is 0 Å². The standard InChI is InChI=1S/C31H32N2O3.ClH/c1-35-24-16-17-27(29(21-24)36-2)31(34)32-18-20-33-19-8-7-13-28(33)30-25-11-5-3-9-22(25)14-15-23-10-4-6-12-26(23)30;/h3-6,9-12,14-17,21H,7-8,13,18-20H2,1-2H3,(H,32,34);1H. The van der Waals surface area contributed by atoms with Crippen LogP contribution in [0.15, 0.2) is 72.4 Å². The number of amides is 1. The third kappa shape index (κ3) is 5.52. The lowest BCUT2D eigenvalue weighted by Gasteiger charge is -2.34. The summed E-state index contributed by atoms with van der Waals surface area (Å²) in [5.74, 6) is 1.02. The van der Waals surface area contributed by atoms with Gasteiger partial charge in [-0.15, -0.1) is 12.4 Å². The first kappa shape index (κ1) is 26.4. The largest absolute Gasteiger partial charge is 0.497 e. The molecule has 0 radical (unpaired) electrons. The maximum absolute atomic E-state index is 13.0. The summed E-state index contributed by atoms with van der Waals surface area (Å²) in [6.07, 6.45) is 7.79. The topological polar surface area (TPSA) is 50.8 Å². The highest BCUT2D eigenvalue weighted by atomic mass is 35.5. The molecular weight excluding hydrogens is 484 g/mol. The number of carbonyl (C=O) groups is 1. The van der Waals surface area contributed by atoms with Crippen molar-refractivity contribution in [2.24, 2.45) is 0 Å². The summed E-state index contributed by atoms with van der Waals surface area (Å²) in [5.41, 5.74) is 8.20. The number of benzene rings is 3. The number of hydrogen-bond donors (Lipinski definition) is 1. The number of ether oxygens (including phenoxy) is 2. The zero-order chi connectivity index (χ0) is 24.9. The third-order valence-corrected chi connectivity index (χ3v) is 6.99. The number of methoxy groups -OCH3 is 2. The fourth-order valence-corrected chi connectivity index (χ4v) is 5.18. The molecule has 192 valence electrons. The van der Waals surface area contributed by atoms with Gasteiger partial charge in [0.25, 0.3) is 5.91 Å². The van der Waals surface area contributed by atoms with E-state index in [0.29, 0.717) is 23.6 Å². The molecule has 0 atom stereocenters. The van der Waals surface area contributed by atoms with Crippen LogP contribution in [0.2, 0.25) is 0 Å². The summed E-state index contributed by atoms with van der Waals surface area (Å²) in [6.45, 7) is 2.28. The molecule has 1 aliphatic heterocycles. The van der Waals surface area contributed by atoms with Crippen LogP contribution in [0.4, 0.5) is 0 Å². The smallest absolute Gasteiger partial charge is 0.255 e. The molecule has 1 heterocycles. The Morgan fingerprint density at radius 3 is 2.22 bits per heavy atom. The quantitative estimate of drug-likeness (QED) is 0.327. The Hall–Kier alpha value is -3.70. The molecule has 5 rings (SSSR count). The van der Waals surface area contributed by atoms with Crippen molar-refractivity contribution in [3.63, 3.8) is 0 Å². The predicted octanol–water partition coefficient (Wildman–Crippen LogP) is 6.28. The van der Waals surface area contributed by atoms with E-state index in [4.69, 9.17) is 9.47 Å². The number of hydrogen-bond acceptors (Lipinski definition) is 4. The summed E-state index contributed by atoms with van der Waals surface area (Å²) in [5, 5.41) is 3.10. The van der Waals surface area contributed by atoms with Gasteiger partial charge < -0.3 is 19.7 Å². The second-order valence-corrected chi connectivity index (χ2v) is 9.10. The highest BCUT2D eigenvalue weighted by molar-refractivity contribution is 5.97. The fourth-order valence-electron chi connectivity index (χ4n) is 5.18. The van der Waals surface area contributed by atoms with Crippen molar-refractivity contribution in [1.82, 2.24) is 10.2 Å². The number of rotatable bonds is 6. The van der Waals surface area contributed by atoms with Gasteiger partial charge in [0.1, 0.15) is 11.5 Å². The van der Waals surface area contributed by atoms with Gasteiger partial charge in [-0.3, -0.25) is 4.79 Å². The van der Waals surface area contributed by atoms with Gasteiger partial charge in [0.2, 0.25) is 0 Å². The van der Waals surface area contributed by atoms with Crippen LogP contribution in [0.5, 0.6) is 11.5 Å². The van der Waals surface area contributed by atoms with Gasteiger partial charge >= 0.3 is 0 Å². The second-order valence-electron chi connectivity index (χ2n) is 9.10. The van der Waals surface area contributed by atoms with Crippen molar-refractivity contribution in [2.75, 3.05) is 33.9 Å². The predicted molar refractivity (Wildman–Crippen MR) is 152 cm³/mol. The average Bonchev–Trinajstić information content (AvgIpc) is 3.10. The molecule has 1 amide bonds. The fraction of sp³-hybridized carbons (Fsp3) is 0.258. The van der Waals surface area contributed by atoms with Crippen molar-refractivity contribution >= 4 is 36.0 Å². The van der Waals surface area contributed by atoms with Crippen LogP contribution < -0.4 is 14.8 Å². The molecule has 1 aliphatic carbocycles. The molecule has 3 aromatic carbocycles. The van der Waals surface area contributed by atoms with Gasteiger partial charge in [-0.2, -0.15) is 0 Å². The molecule has 0 aromatic heterocycles. The summed E-state index contributed by atoms with van der Waals surface area (Å²) in [6, 6.07) is 22.5. The number of likely N-dealkylation sites (tertiary alicyclic amines) is 1. The van der Waals surface area contributed by atoms with Crippen molar-refractivity contribution in [1.29, 1.82) is 0 Å². The van der Waals surface area contributed by atoms with Gasteiger partial charge in [-0.1, -0.05) is 60.7 Å². The first-order valence-electron chi connectivity index (χ1n) is 12.5. The Labute approximate surface area is 225 Å². The highest BCUT2D eigenvalue weighted by Gasteiger charge is 2.24. The molecular formula is C31H33ClN2O3. The molecule has 1 N–H and O–H groups in total. The molecule has 1 saturated heterocycles. The monoisotopic (exact) mass is 516 g/mol. The second kappa shape index (κ2) is 12.0. The lowest BCUT2D eigenvalue weighted by molar-refractivity contribution is 0.0946. The molecule has 5 nitrogen and oxygen atoms in total. The maximum Gasteiger partial charge on any atom is 0.255 e. The average molecular weight is 517 g/mol.